The highest BCUT2D eigenvalue weighted by Crippen LogP contribution is 2.48. The van der Waals surface area contributed by atoms with Crippen LogP contribution in [-0.4, -0.2) is 23.0 Å². The number of carboxylic acid groups (broad SMARTS) is 1. The number of carboxylic acids is 1. The molecule has 0 aromatic heterocycles. The minimum absolute atomic E-state index is 0.187. The molecular weight excluding hydrogens is 290 g/mol. The second-order valence-electron chi connectivity index (χ2n) is 5.60. The molecule has 0 heterocycles. The van der Waals surface area contributed by atoms with Gasteiger partial charge in [0.2, 0.25) is 5.91 Å². The number of nitrogens with one attached hydrogen (secondary N) is 1. The molecule has 1 saturated carbocycles. The Morgan fingerprint density at radius 2 is 1.95 bits per heavy atom. The summed E-state index contributed by atoms with van der Waals surface area (Å²) in [7, 11) is 0. The van der Waals surface area contributed by atoms with E-state index in [9.17, 15) is 14.7 Å². The SMILES string of the molecule is CCCCC(NC(=O)C1(c2ccc(Cl)cc2)CC1)C(=O)O. The fraction of sp³-hybridized carbons (Fsp3) is 0.500. The van der Waals surface area contributed by atoms with Crippen LogP contribution < -0.4 is 5.32 Å². The number of carbonyl (C=O) groups excluding carboxylic acids is 1. The van der Waals surface area contributed by atoms with Crippen molar-refractivity contribution >= 4 is 23.5 Å². The molecule has 21 heavy (non-hydrogen) atoms. The molecule has 114 valence electrons. The maximum Gasteiger partial charge on any atom is 0.326 e. The molecule has 1 aromatic rings. The van der Waals surface area contributed by atoms with Gasteiger partial charge in [-0.25, -0.2) is 4.79 Å². The van der Waals surface area contributed by atoms with Gasteiger partial charge in [0, 0.05) is 5.02 Å². The molecule has 5 heteroatoms. The van der Waals surface area contributed by atoms with Crippen molar-refractivity contribution in [3.05, 3.63) is 34.9 Å². The van der Waals surface area contributed by atoms with E-state index in [-0.39, 0.29) is 5.91 Å². The molecule has 1 fully saturated rings. The molecule has 1 aliphatic carbocycles. The van der Waals surface area contributed by atoms with E-state index in [1.54, 1.807) is 12.1 Å². The summed E-state index contributed by atoms with van der Waals surface area (Å²) in [5, 5.41) is 12.5. The zero-order valence-electron chi connectivity index (χ0n) is 12.1. The predicted octanol–water partition coefficient (Wildman–Crippen LogP) is 3.13. The normalized spacial score (nSPS) is 17.0. The van der Waals surface area contributed by atoms with Crippen molar-refractivity contribution in [3.8, 4) is 0 Å². The maximum absolute atomic E-state index is 12.5. The number of unbranched alkanes of at least 4 members (excludes halogenated alkanes) is 1. The standard InChI is InChI=1S/C16H20ClNO3/c1-2-3-4-13(14(19)20)18-15(21)16(9-10-16)11-5-7-12(17)8-6-11/h5-8,13H,2-4,9-10H2,1H3,(H,18,21)(H,19,20). The van der Waals surface area contributed by atoms with Crippen molar-refractivity contribution < 1.29 is 14.7 Å². The maximum atomic E-state index is 12.5. The number of halogens is 1. The van der Waals surface area contributed by atoms with E-state index in [4.69, 9.17) is 11.6 Å². The van der Waals surface area contributed by atoms with Gasteiger partial charge in [0.1, 0.15) is 6.04 Å². The highest BCUT2D eigenvalue weighted by molar-refractivity contribution is 6.30. The summed E-state index contributed by atoms with van der Waals surface area (Å²) in [5.74, 6) is -1.16. The number of hydrogen-bond donors (Lipinski definition) is 2. The second-order valence-corrected chi connectivity index (χ2v) is 6.03. The number of hydrogen-bond acceptors (Lipinski definition) is 2. The summed E-state index contributed by atoms with van der Waals surface area (Å²) in [6.45, 7) is 2.00. The van der Waals surface area contributed by atoms with Gasteiger partial charge >= 0.3 is 5.97 Å². The highest BCUT2D eigenvalue weighted by Gasteiger charge is 2.51. The Kier molecular flexibility index (Phi) is 4.88. The van der Waals surface area contributed by atoms with Crippen molar-refractivity contribution in [2.75, 3.05) is 0 Å². The first kappa shape index (κ1) is 15.8. The Hall–Kier alpha value is -1.55. The molecule has 0 spiro atoms. The van der Waals surface area contributed by atoms with Crippen LogP contribution in [-0.2, 0) is 15.0 Å². The molecule has 1 atom stereocenters. The molecule has 2 rings (SSSR count). The molecule has 1 aromatic carbocycles. The number of aliphatic carboxylic acids is 1. The third-order valence-corrected chi connectivity index (χ3v) is 4.28. The Morgan fingerprint density at radius 1 is 1.33 bits per heavy atom. The molecule has 0 radical (unpaired) electrons. The monoisotopic (exact) mass is 309 g/mol. The molecule has 1 unspecified atom stereocenters. The van der Waals surface area contributed by atoms with Crippen LogP contribution in [0.3, 0.4) is 0 Å². The third kappa shape index (κ3) is 3.56. The van der Waals surface area contributed by atoms with E-state index in [1.807, 2.05) is 19.1 Å². The summed E-state index contributed by atoms with van der Waals surface area (Å²) in [5.41, 5.74) is 0.342. The summed E-state index contributed by atoms with van der Waals surface area (Å²) >= 11 is 5.87. The lowest BCUT2D eigenvalue weighted by Crippen LogP contribution is -2.45. The fourth-order valence-corrected chi connectivity index (χ4v) is 2.63. The minimum atomic E-state index is -0.969. The minimum Gasteiger partial charge on any atom is -0.480 e. The van der Waals surface area contributed by atoms with Crippen LogP contribution in [0.4, 0.5) is 0 Å². The number of amides is 1. The van der Waals surface area contributed by atoms with E-state index >= 15 is 0 Å². The number of benzene rings is 1. The van der Waals surface area contributed by atoms with Crippen LogP contribution >= 0.6 is 11.6 Å². The summed E-state index contributed by atoms with van der Waals surface area (Å²) in [6.07, 6.45) is 3.66. The van der Waals surface area contributed by atoms with Crippen LogP contribution in [0.5, 0.6) is 0 Å². The van der Waals surface area contributed by atoms with E-state index < -0.39 is 17.4 Å². The summed E-state index contributed by atoms with van der Waals surface area (Å²) < 4.78 is 0. The summed E-state index contributed by atoms with van der Waals surface area (Å²) in [6, 6.07) is 6.40. The molecule has 0 aliphatic heterocycles. The third-order valence-electron chi connectivity index (χ3n) is 4.03. The van der Waals surface area contributed by atoms with Gasteiger partial charge in [0.05, 0.1) is 5.41 Å². The lowest BCUT2D eigenvalue weighted by Gasteiger charge is -2.20. The van der Waals surface area contributed by atoms with Crippen LogP contribution in [0.15, 0.2) is 24.3 Å². The van der Waals surface area contributed by atoms with Crippen molar-refractivity contribution in [3.63, 3.8) is 0 Å². The Morgan fingerprint density at radius 3 is 2.43 bits per heavy atom. The van der Waals surface area contributed by atoms with Gasteiger partial charge in [-0.05, 0) is 37.0 Å². The smallest absolute Gasteiger partial charge is 0.326 e. The first-order valence-corrected chi connectivity index (χ1v) is 7.67. The van der Waals surface area contributed by atoms with Crippen molar-refractivity contribution in [2.45, 2.75) is 50.5 Å². The first-order valence-electron chi connectivity index (χ1n) is 7.29. The van der Waals surface area contributed by atoms with Gasteiger partial charge in [-0.3, -0.25) is 4.79 Å². The largest absolute Gasteiger partial charge is 0.480 e. The van der Waals surface area contributed by atoms with E-state index in [0.29, 0.717) is 11.4 Å². The summed E-state index contributed by atoms with van der Waals surface area (Å²) in [4.78, 5) is 23.7. The van der Waals surface area contributed by atoms with Gasteiger partial charge in [-0.2, -0.15) is 0 Å². The van der Waals surface area contributed by atoms with Gasteiger partial charge in [-0.15, -0.1) is 0 Å². The Bertz CT molecular complexity index is 523. The van der Waals surface area contributed by atoms with E-state index in [2.05, 4.69) is 5.32 Å². The van der Waals surface area contributed by atoms with Crippen LogP contribution in [0, 0.1) is 0 Å². The molecular formula is C16H20ClNO3. The van der Waals surface area contributed by atoms with Crippen molar-refractivity contribution in [1.29, 1.82) is 0 Å². The Balaban J connectivity index is 2.08. The lowest BCUT2D eigenvalue weighted by atomic mass is 9.94. The molecule has 1 aliphatic rings. The van der Waals surface area contributed by atoms with Crippen molar-refractivity contribution in [2.24, 2.45) is 0 Å². The van der Waals surface area contributed by atoms with Crippen molar-refractivity contribution in [1.82, 2.24) is 5.32 Å². The second kappa shape index (κ2) is 6.48. The van der Waals surface area contributed by atoms with Crippen LogP contribution in [0.25, 0.3) is 0 Å². The lowest BCUT2D eigenvalue weighted by molar-refractivity contribution is -0.142. The zero-order chi connectivity index (χ0) is 15.5. The molecule has 2 N–H and O–H groups in total. The van der Waals surface area contributed by atoms with Gasteiger partial charge in [0.15, 0.2) is 0 Å². The Labute approximate surface area is 129 Å². The topological polar surface area (TPSA) is 66.4 Å². The van der Waals surface area contributed by atoms with Crippen LogP contribution in [0.2, 0.25) is 5.02 Å². The predicted molar refractivity (Wildman–Crippen MR) is 81.5 cm³/mol. The van der Waals surface area contributed by atoms with Crippen LogP contribution in [0.1, 0.15) is 44.6 Å². The average molecular weight is 310 g/mol. The first-order chi connectivity index (χ1) is 9.99. The molecule has 4 nitrogen and oxygen atoms in total. The van der Waals surface area contributed by atoms with E-state index in [0.717, 1.165) is 31.2 Å². The molecule has 1 amide bonds. The van der Waals surface area contributed by atoms with Gasteiger partial charge in [-0.1, -0.05) is 43.5 Å². The fourth-order valence-electron chi connectivity index (χ4n) is 2.50. The molecule has 0 saturated heterocycles. The van der Waals surface area contributed by atoms with Gasteiger partial charge in [0.25, 0.3) is 0 Å². The quantitative estimate of drug-likeness (QED) is 0.813. The van der Waals surface area contributed by atoms with Gasteiger partial charge < -0.3 is 10.4 Å². The average Bonchev–Trinajstić information content (AvgIpc) is 3.25. The molecule has 0 bridgehead atoms. The zero-order valence-corrected chi connectivity index (χ0v) is 12.8. The highest BCUT2D eigenvalue weighted by atomic mass is 35.5. The number of rotatable bonds is 7. The van der Waals surface area contributed by atoms with E-state index in [1.165, 1.54) is 0 Å². The number of carbonyl (C=O) groups is 2.